The standard InChI is InChI=1S/C11H16F3N3/c1-7-2-3-9(15)10(4-7)17-6-8(5-16-17)11(12,13)14/h5-7,9-10H,2-4,15H2,1H3. The number of aromatic nitrogens is 2. The molecule has 3 nitrogen and oxygen atoms in total. The first-order valence-corrected chi connectivity index (χ1v) is 5.75. The van der Waals surface area contributed by atoms with Crippen LogP contribution in [0.5, 0.6) is 0 Å². The van der Waals surface area contributed by atoms with Crippen molar-refractivity contribution >= 4 is 0 Å². The number of nitrogens with two attached hydrogens (primary N) is 1. The van der Waals surface area contributed by atoms with Crippen molar-refractivity contribution in [1.82, 2.24) is 9.78 Å². The van der Waals surface area contributed by atoms with Crippen molar-refractivity contribution in [2.24, 2.45) is 11.7 Å². The second kappa shape index (κ2) is 4.33. The molecule has 1 aliphatic rings. The number of halogens is 3. The maximum Gasteiger partial charge on any atom is 0.419 e. The van der Waals surface area contributed by atoms with Crippen LogP contribution in [0.1, 0.15) is 37.8 Å². The Kier molecular flexibility index (Phi) is 3.16. The first-order valence-electron chi connectivity index (χ1n) is 5.75. The van der Waals surface area contributed by atoms with Gasteiger partial charge in [-0.1, -0.05) is 6.92 Å². The van der Waals surface area contributed by atoms with Gasteiger partial charge in [-0.2, -0.15) is 18.3 Å². The minimum Gasteiger partial charge on any atom is -0.326 e. The minimum atomic E-state index is -4.33. The van der Waals surface area contributed by atoms with E-state index in [1.54, 1.807) is 0 Å². The zero-order valence-electron chi connectivity index (χ0n) is 9.61. The van der Waals surface area contributed by atoms with Crippen molar-refractivity contribution in [2.75, 3.05) is 0 Å². The molecule has 1 heterocycles. The summed E-state index contributed by atoms with van der Waals surface area (Å²) in [6, 6.07) is -0.220. The summed E-state index contributed by atoms with van der Waals surface area (Å²) in [6.45, 7) is 2.09. The van der Waals surface area contributed by atoms with E-state index in [1.165, 1.54) is 4.68 Å². The molecule has 17 heavy (non-hydrogen) atoms. The average Bonchev–Trinajstić information content (AvgIpc) is 2.70. The van der Waals surface area contributed by atoms with Crippen molar-refractivity contribution in [3.8, 4) is 0 Å². The topological polar surface area (TPSA) is 43.8 Å². The molecule has 96 valence electrons. The Hall–Kier alpha value is -1.04. The van der Waals surface area contributed by atoms with Gasteiger partial charge in [0.1, 0.15) is 0 Å². The number of hydrogen-bond acceptors (Lipinski definition) is 2. The van der Waals surface area contributed by atoms with E-state index in [4.69, 9.17) is 5.73 Å². The lowest BCUT2D eigenvalue weighted by molar-refractivity contribution is -0.137. The molecule has 3 unspecified atom stereocenters. The van der Waals surface area contributed by atoms with Gasteiger partial charge in [-0.15, -0.1) is 0 Å². The number of hydrogen-bond donors (Lipinski definition) is 1. The third-order valence-electron chi connectivity index (χ3n) is 3.40. The van der Waals surface area contributed by atoms with E-state index < -0.39 is 11.7 Å². The smallest absolute Gasteiger partial charge is 0.326 e. The van der Waals surface area contributed by atoms with Gasteiger partial charge in [0.05, 0.1) is 17.8 Å². The second-order valence-corrected chi connectivity index (χ2v) is 4.86. The molecule has 0 radical (unpaired) electrons. The fourth-order valence-electron chi connectivity index (χ4n) is 2.34. The van der Waals surface area contributed by atoms with Crippen LogP contribution in [0.2, 0.25) is 0 Å². The fourth-order valence-corrected chi connectivity index (χ4v) is 2.34. The molecular formula is C11H16F3N3. The van der Waals surface area contributed by atoms with Crippen molar-refractivity contribution in [3.63, 3.8) is 0 Å². The van der Waals surface area contributed by atoms with Crippen molar-refractivity contribution in [1.29, 1.82) is 0 Å². The number of alkyl halides is 3. The van der Waals surface area contributed by atoms with Gasteiger partial charge in [0.2, 0.25) is 0 Å². The molecule has 0 aliphatic heterocycles. The summed E-state index contributed by atoms with van der Waals surface area (Å²) >= 11 is 0. The largest absolute Gasteiger partial charge is 0.419 e. The highest BCUT2D eigenvalue weighted by Gasteiger charge is 2.34. The Labute approximate surface area is 97.8 Å². The third kappa shape index (κ3) is 2.62. The van der Waals surface area contributed by atoms with Gasteiger partial charge in [-0.05, 0) is 25.2 Å². The SMILES string of the molecule is CC1CCC(N)C(n2cc(C(F)(F)F)cn2)C1. The van der Waals surface area contributed by atoms with E-state index in [-0.39, 0.29) is 12.1 Å². The molecule has 2 N–H and O–H groups in total. The maximum atomic E-state index is 12.5. The summed E-state index contributed by atoms with van der Waals surface area (Å²) in [5.41, 5.74) is 5.24. The van der Waals surface area contributed by atoms with Gasteiger partial charge >= 0.3 is 6.18 Å². The van der Waals surface area contributed by atoms with Gasteiger partial charge in [-0.3, -0.25) is 4.68 Å². The van der Waals surface area contributed by atoms with E-state index in [9.17, 15) is 13.2 Å². The Morgan fingerprint density at radius 2 is 2.12 bits per heavy atom. The molecule has 1 aliphatic carbocycles. The highest BCUT2D eigenvalue weighted by atomic mass is 19.4. The quantitative estimate of drug-likeness (QED) is 0.829. The van der Waals surface area contributed by atoms with Gasteiger partial charge in [0.15, 0.2) is 0 Å². The Balaban J connectivity index is 2.19. The van der Waals surface area contributed by atoms with Crippen LogP contribution >= 0.6 is 0 Å². The molecule has 1 aromatic heterocycles. The predicted molar refractivity (Wildman–Crippen MR) is 57.3 cm³/mol. The van der Waals surface area contributed by atoms with Crippen LogP contribution in [-0.4, -0.2) is 15.8 Å². The third-order valence-corrected chi connectivity index (χ3v) is 3.40. The predicted octanol–water partition coefficient (Wildman–Crippen LogP) is 2.59. The molecular weight excluding hydrogens is 231 g/mol. The summed E-state index contributed by atoms with van der Waals surface area (Å²) in [4.78, 5) is 0. The lowest BCUT2D eigenvalue weighted by Crippen LogP contribution is -2.37. The molecule has 6 heteroatoms. The molecule has 0 amide bonds. The number of nitrogens with zero attached hydrogens (tertiary/aromatic N) is 2. The van der Waals surface area contributed by atoms with E-state index in [0.29, 0.717) is 5.92 Å². The lowest BCUT2D eigenvalue weighted by Gasteiger charge is -2.32. The van der Waals surface area contributed by atoms with Crippen LogP contribution in [0.25, 0.3) is 0 Å². The summed E-state index contributed by atoms with van der Waals surface area (Å²) in [7, 11) is 0. The zero-order valence-corrected chi connectivity index (χ0v) is 9.61. The maximum absolute atomic E-state index is 12.5. The van der Waals surface area contributed by atoms with Crippen LogP contribution in [0, 0.1) is 5.92 Å². The minimum absolute atomic E-state index is 0.104. The molecule has 2 rings (SSSR count). The Morgan fingerprint density at radius 3 is 2.71 bits per heavy atom. The molecule has 0 spiro atoms. The van der Waals surface area contributed by atoms with Gasteiger partial charge < -0.3 is 5.73 Å². The second-order valence-electron chi connectivity index (χ2n) is 4.86. The van der Waals surface area contributed by atoms with Gasteiger partial charge in [0.25, 0.3) is 0 Å². The molecule has 0 bridgehead atoms. The van der Waals surface area contributed by atoms with E-state index >= 15 is 0 Å². The molecule has 0 aromatic carbocycles. The summed E-state index contributed by atoms with van der Waals surface area (Å²) in [5.74, 6) is 0.485. The molecule has 0 saturated heterocycles. The van der Waals surface area contributed by atoms with Gasteiger partial charge in [0, 0.05) is 12.2 Å². The van der Waals surface area contributed by atoms with Crippen molar-refractivity contribution in [2.45, 2.75) is 44.4 Å². The summed E-state index contributed by atoms with van der Waals surface area (Å²) < 4.78 is 38.8. The van der Waals surface area contributed by atoms with Crippen LogP contribution in [-0.2, 0) is 6.18 Å². The van der Waals surface area contributed by atoms with Crippen LogP contribution in [0.3, 0.4) is 0 Å². The van der Waals surface area contributed by atoms with E-state index in [1.807, 2.05) is 0 Å². The van der Waals surface area contributed by atoms with E-state index in [2.05, 4.69) is 12.0 Å². The first-order chi connectivity index (χ1) is 7.88. The van der Waals surface area contributed by atoms with E-state index in [0.717, 1.165) is 31.7 Å². The Bertz CT molecular complexity index is 386. The molecule has 1 aromatic rings. The monoisotopic (exact) mass is 247 g/mol. The first kappa shape index (κ1) is 12.4. The number of rotatable bonds is 1. The normalized spacial score (nSPS) is 30.5. The fraction of sp³-hybridized carbons (Fsp3) is 0.727. The lowest BCUT2D eigenvalue weighted by atomic mass is 9.84. The van der Waals surface area contributed by atoms with Crippen LogP contribution in [0.15, 0.2) is 12.4 Å². The zero-order chi connectivity index (χ0) is 12.6. The molecule has 1 fully saturated rings. The summed E-state index contributed by atoms with van der Waals surface area (Å²) in [6.07, 6.45) is 0.259. The molecule has 3 atom stereocenters. The summed E-state index contributed by atoms with van der Waals surface area (Å²) in [5, 5.41) is 3.81. The van der Waals surface area contributed by atoms with Crippen LogP contribution < -0.4 is 5.73 Å². The highest BCUT2D eigenvalue weighted by Crippen LogP contribution is 2.33. The molecule has 1 saturated carbocycles. The van der Waals surface area contributed by atoms with Crippen LogP contribution in [0.4, 0.5) is 13.2 Å². The average molecular weight is 247 g/mol. The van der Waals surface area contributed by atoms with Gasteiger partial charge in [-0.25, -0.2) is 0 Å². The Morgan fingerprint density at radius 1 is 1.41 bits per heavy atom. The highest BCUT2D eigenvalue weighted by molar-refractivity contribution is 5.09. The van der Waals surface area contributed by atoms with Crippen molar-refractivity contribution in [3.05, 3.63) is 18.0 Å². The van der Waals surface area contributed by atoms with Crippen molar-refractivity contribution < 1.29 is 13.2 Å².